The Bertz CT molecular complexity index is 1220. The first-order valence-electron chi connectivity index (χ1n) is 8.31. The molecule has 128 valence electrons. The van der Waals surface area contributed by atoms with Crippen LogP contribution >= 0.6 is 0 Å². The molecule has 0 unspecified atom stereocenters. The number of aromatic nitrogens is 4. The van der Waals surface area contributed by atoms with Crippen molar-refractivity contribution in [1.82, 2.24) is 19.9 Å². The van der Waals surface area contributed by atoms with E-state index in [0.717, 1.165) is 27.5 Å². The first-order chi connectivity index (χ1) is 12.5. The molecule has 0 aliphatic rings. The van der Waals surface area contributed by atoms with Crippen molar-refractivity contribution in [2.45, 2.75) is 20.8 Å². The zero-order chi connectivity index (χ0) is 18.3. The number of benzene rings is 2. The molecule has 6 nitrogen and oxygen atoms in total. The minimum Gasteiger partial charge on any atom is -0.292 e. The van der Waals surface area contributed by atoms with Gasteiger partial charge in [0.15, 0.2) is 0 Å². The van der Waals surface area contributed by atoms with Crippen LogP contribution in [0.2, 0.25) is 0 Å². The van der Waals surface area contributed by atoms with Crippen LogP contribution in [-0.2, 0) is 0 Å². The highest BCUT2D eigenvalue weighted by atomic mass is 16.1. The van der Waals surface area contributed by atoms with E-state index >= 15 is 0 Å². The second-order valence-electron chi connectivity index (χ2n) is 6.26. The lowest BCUT2D eigenvalue weighted by atomic mass is 10.1. The largest absolute Gasteiger partial charge is 0.292 e. The van der Waals surface area contributed by atoms with Gasteiger partial charge in [-0.25, -0.2) is 15.0 Å². The highest BCUT2D eigenvalue weighted by Crippen LogP contribution is 2.20. The molecule has 0 saturated carbocycles. The molecule has 4 rings (SSSR count). The van der Waals surface area contributed by atoms with Gasteiger partial charge in [0.2, 0.25) is 11.9 Å². The van der Waals surface area contributed by atoms with E-state index in [1.54, 1.807) is 6.07 Å². The maximum absolute atomic E-state index is 12.4. The Kier molecular flexibility index (Phi) is 3.80. The molecule has 0 amide bonds. The van der Waals surface area contributed by atoms with Gasteiger partial charge in [0.1, 0.15) is 0 Å². The Morgan fingerprint density at radius 1 is 0.731 bits per heavy atom. The fraction of sp³-hybridized carbons (Fsp3) is 0.150. The summed E-state index contributed by atoms with van der Waals surface area (Å²) in [5, 5.41) is 5.31. The monoisotopic (exact) mass is 343 g/mol. The molecule has 0 spiro atoms. The lowest BCUT2D eigenvalue weighted by Gasteiger charge is -2.06. The molecule has 4 aromatic rings. The first-order valence-corrected chi connectivity index (χ1v) is 8.31. The summed E-state index contributed by atoms with van der Waals surface area (Å²) in [7, 11) is 0. The van der Waals surface area contributed by atoms with Crippen LogP contribution < -0.4 is 10.9 Å². The summed E-state index contributed by atoms with van der Waals surface area (Å²) in [6.07, 6.45) is 0. The van der Waals surface area contributed by atoms with E-state index in [1.807, 2.05) is 51.1 Å². The molecule has 2 aromatic carbocycles. The number of nitrogens with zero attached hydrogens (tertiary/aromatic N) is 4. The van der Waals surface area contributed by atoms with Crippen molar-refractivity contribution in [3.63, 3.8) is 0 Å². The number of hydrogen-bond donors (Lipinski definition) is 1. The molecule has 6 heteroatoms. The van der Waals surface area contributed by atoms with Gasteiger partial charge in [0, 0.05) is 16.5 Å². The smallest absolute Gasteiger partial charge is 0.280 e. The van der Waals surface area contributed by atoms with E-state index in [9.17, 15) is 4.79 Å². The van der Waals surface area contributed by atoms with Crippen LogP contribution in [0.4, 0.5) is 11.9 Å². The number of fused-ring (bicyclic) bond motifs is 2. The van der Waals surface area contributed by atoms with Gasteiger partial charge < -0.3 is 0 Å². The third kappa shape index (κ3) is 2.86. The molecule has 0 aliphatic carbocycles. The molecule has 0 saturated heterocycles. The molecule has 1 N–H and O–H groups in total. The maximum atomic E-state index is 12.4. The molecular formula is C20H17N5O. The highest BCUT2D eigenvalue weighted by Gasteiger charge is 2.09. The Balaban J connectivity index is 1.84. The summed E-state index contributed by atoms with van der Waals surface area (Å²) < 4.78 is 0. The number of hydrogen-bond acceptors (Lipinski definition) is 6. The van der Waals surface area contributed by atoms with Crippen molar-refractivity contribution < 1.29 is 0 Å². The second-order valence-corrected chi connectivity index (χ2v) is 6.26. The second kappa shape index (κ2) is 6.15. The molecule has 2 heterocycles. The highest BCUT2D eigenvalue weighted by molar-refractivity contribution is 5.84. The zero-order valence-corrected chi connectivity index (χ0v) is 14.7. The third-order valence-corrected chi connectivity index (χ3v) is 4.29. The van der Waals surface area contributed by atoms with Gasteiger partial charge in [-0.3, -0.25) is 10.1 Å². The summed E-state index contributed by atoms with van der Waals surface area (Å²) in [6.45, 7) is 5.81. The average Bonchev–Trinajstić information content (AvgIpc) is 2.73. The van der Waals surface area contributed by atoms with Gasteiger partial charge in [0.05, 0.1) is 16.6 Å². The van der Waals surface area contributed by atoms with Crippen LogP contribution in [0.3, 0.4) is 0 Å². The quantitative estimate of drug-likeness (QED) is 0.599. The fourth-order valence-corrected chi connectivity index (χ4v) is 2.99. The summed E-state index contributed by atoms with van der Waals surface area (Å²) in [6, 6.07) is 13.3. The SMILES string of the molecule is Cc1ccc2nc(Nc3nc(C)c4ccccc4c(=O)n3)nc(C)c2c1. The van der Waals surface area contributed by atoms with Crippen LogP contribution in [0.5, 0.6) is 0 Å². The predicted molar refractivity (Wildman–Crippen MR) is 103 cm³/mol. The Hall–Kier alpha value is -3.41. The number of rotatable bonds is 2. The van der Waals surface area contributed by atoms with Crippen molar-refractivity contribution in [2.24, 2.45) is 0 Å². The summed E-state index contributed by atoms with van der Waals surface area (Å²) in [5.41, 5.74) is 3.21. The fourth-order valence-electron chi connectivity index (χ4n) is 2.99. The Morgan fingerprint density at radius 2 is 1.38 bits per heavy atom. The van der Waals surface area contributed by atoms with E-state index in [-0.39, 0.29) is 11.5 Å². The van der Waals surface area contributed by atoms with Gasteiger partial charge in [-0.15, -0.1) is 0 Å². The number of aryl methyl sites for hydroxylation is 3. The average molecular weight is 343 g/mol. The van der Waals surface area contributed by atoms with Crippen LogP contribution in [-0.4, -0.2) is 19.9 Å². The van der Waals surface area contributed by atoms with Crippen LogP contribution in [0, 0.1) is 20.8 Å². The van der Waals surface area contributed by atoms with E-state index < -0.39 is 0 Å². The summed E-state index contributed by atoms with van der Waals surface area (Å²) in [4.78, 5) is 30.0. The first kappa shape index (κ1) is 16.1. The normalized spacial score (nSPS) is 11.0. The topological polar surface area (TPSA) is 80.7 Å². The van der Waals surface area contributed by atoms with Crippen molar-refractivity contribution in [2.75, 3.05) is 5.32 Å². The van der Waals surface area contributed by atoms with Crippen LogP contribution in [0.1, 0.15) is 17.0 Å². The lowest BCUT2D eigenvalue weighted by Crippen LogP contribution is -2.07. The van der Waals surface area contributed by atoms with Gasteiger partial charge in [0.25, 0.3) is 5.56 Å². The van der Waals surface area contributed by atoms with Crippen molar-refractivity contribution in [3.8, 4) is 0 Å². The third-order valence-electron chi connectivity index (χ3n) is 4.29. The number of nitrogens with one attached hydrogen (secondary N) is 1. The van der Waals surface area contributed by atoms with E-state index in [2.05, 4.69) is 31.3 Å². The van der Waals surface area contributed by atoms with E-state index in [0.29, 0.717) is 17.0 Å². The van der Waals surface area contributed by atoms with Crippen LogP contribution in [0.25, 0.3) is 21.7 Å². The standard InChI is InChI=1S/C20H17N5O/c1-11-8-9-17-16(10-11)13(3)22-19(23-17)25-20-21-12(2)14-6-4-5-7-15(14)18(26)24-20/h4-10H,1-3H3,(H,22,23,24,25,26). The Morgan fingerprint density at radius 3 is 2.15 bits per heavy atom. The van der Waals surface area contributed by atoms with E-state index in [4.69, 9.17) is 0 Å². The summed E-state index contributed by atoms with van der Waals surface area (Å²) >= 11 is 0. The summed E-state index contributed by atoms with van der Waals surface area (Å²) in [5.74, 6) is 0.558. The van der Waals surface area contributed by atoms with Gasteiger partial charge in [-0.05, 0) is 39.0 Å². The van der Waals surface area contributed by atoms with Crippen molar-refractivity contribution in [3.05, 3.63) is 69.8 Å². The molecular weight excluding hydrogens is 326 g/mol. The minimum absolute atomic E-state index is 0.189. The van der Waals surface area contributed by atoms with Crippen LogP contribution in [0.15, 0.2) is 47.3 Å². The van der Waals surface area contributed by atoms with E-state index in [1.165, 1.54) is 0 Å². The predicted octanol–water partition coefficient (Wildman–Crippen LogP) is 3.60. The molecule has 0 bridgehead atoms. The maximum Gasteiger partial charge on any atom is 0.280 e. The van der Waals surface area contributed by atoms with Gasteiger partial charge >= 0.3 is 0 Å². The molecule has 0 fully saturated rings. The minimum atomic E-state index is -0.336. The van der Waals surface area contributed by atoms with Crippen molar-refractivity contribution >= 4 is 33.6 Å². The lowest BCUT2D eigenvalue weighted by molar-refractivity contribution is 1.09. The van der Waals surface area contributed by atoms with Gasteiger partial charge in [-0.1, -0.05) is 29.8 Å². The Labute approximate surface area is 150 Å². The number of anilines is 2. The molecule has 0 radical (unpaired) electrons. The zero-order valence-electron chi connectivity index (χ0n) is 14.7. The molecule has 2 aromatic heterocycles. The molecule has 0 atom stereocenters. The molecule has 26 heavy (non-hydrogen) atoms. The molecule has 0 aliphatic heterocycles. The van der Waals surface area contributed by atoms with Crippen molar-refractivity contribution in [1.29, 1.82) is 0 Å². The van der Waals surface area contributed by atoms with Gasteiger partial charge in [-0.2, -0.15) is 4.98 Å².